The van der Waals surface area contributed by atoms with Gasteiger partial charge >= 0.3 is 0 Å². The monoisotopic (exact) mass is 380 g/mol. The van der Waals surface area contributed by atoms with Crippen molar-refractivity contribution in [1.29, 1.82) is 0 Å². The molecular weight excluding hydrogens is 356 g/mol. The average Bonchev–Trinajstić information content (AvgIpc) is 3.51. The lowest BCUT2D eigenvalue weighted by Crippen LogP contribution is -2.38. The number of rotatable bonds is 4. The van der Waals surface area contributed by atoms with Crippen molar-refractivity contribution < 1.29 is 9.72 Å². The fraction of sp³-hybridized carbons (Fsp3) is 0.381. The molecule has 1 fully saturated rings. The number of hydrogen-bond acceptors (Lipinski definition) is 5. The van der Waals surface area contributed by atoms with Crippen molar-refractivity contribution in [3.8, 4) is 0 Å². The van der Waals surface area contributed by atoms with Crippen LogP contribution in [0.25, 0.3) is 0 Å². The van der Waals surface area contributed by atoms with E-state index in [4.69, 9.17) is 0 Å². The molecule has 1 amide bonds. The third kappa shape index (κ3) is 3.40. The Balaban J connectivity index is 1.72. The Labute approximate surface area is 164 Å². The van der Waals surface area contributed by atoms with Gasteiger partial charge in [-0.15, -0.1) is 0 Å². The van der Waals surface area contributed by atoms with Crippen molar-refractivity contribution in [3.05, 3.63) is 58.1 Å². The van der Waals surface area contributed by atoms with Crippen LogP contribution in [0.2, 0.25) is 0 Å². The van der Waals surface area contributed by atoms with Crippen molar-refractivity contribution in [2.75, 3.05) is 28.7 Å². The highest BCUT2D eigenvalue weighted by molar-refractivity contribution is 6.09. The number of benzene rings is 2. The fourth-order valence-electron chi connectivity index (χ4n) is 3.69. The minimum absolute atomic E-state index is 0.0121. The molecule has 0 radical (unpaired) electrons. The molecule has 1 saturated carbocycles. The lowest BCUT2D eigenvalue weighted by atomic mass is 10.1. The van der Waals surface area contributed by atoms with E-state index < -0.39 is 4.92 Å². The Morgan fingerprint density at radius 3 is 2.54 bits per heavy atom. The highest BCUT2D eigenvalue weighted by atomic mass is 16.6. The van der Waals surface area contributed by atoms with Crippen LogP contribution in [0.5, 0.6) is 0 Å². The summed E-state index contributed by atoms with van der Waals surface area (Å²) in [5, 5.41) is 14.7. The summed E-state index contributed by atoms with van der Waals surface area (Å²) in [7, 11) is 2.02. The summed E-state index contributed by atoms with van der Waals surface area (Å²) in [6.07, 6.45) is 2.86. The average molecular weight is 380 g/mol. The number of nitrogens with zero attached hydrogens (tertiary/aromatic N) is 3. The van der Waals surface area contributed by atoms with E-state index in [0.29, 0.717) is 17.3 Å². The number of nitro benzene ring substituents is 1. The van der Waals surface area contributed by atoms with Gasteiger partial charge in [-0.1, -0.05) is 12.1 Å². The lowest BCUT2D eigenvalue weighted by Gasteiger charge is -2.28. The van der Waals surface area contributed by atoms with Crippen molar-refractivity contribution in [2.24, 2.45) is 0 Å². The first kappa shape index (κ1) is 18.3. The van der Waals surface area contributed by atoms with E-state index in [2.05, 4.69) is 10.2 Å². The Bertz CT molecular complexity index is 926. The Kier molecular flexibility index (Phi) is 4.66. The van der Waals surface area contributed by atoms with E-state index in [1.807, 2.05) is 38.2 Å². The number of hydrogen-bond donors (Lipinski definition) is 1. The van der Waals surface area contributed by atoms with Crippen molar-refractivity contribution >= 4 is 28.7 Å². The molecule has 1 unspecified atom stereocenters. The zero-order valence-corrected chi connectivity index (χ0v) is 16.1. The predicted molar refractivity (Wildman–Crippen MR) is 110 cm³/mol. The molecule has 1 aliphatic heterocycles. The summed E-state index contributed by atoms with van der Waals surface area (Å²) < 4.78 is 0. The standard InChI is InChI=1S/C21H24N4O3/c1-14-11-12-23(2)18-5-3-4-6-19(18)24(14)21(26)15-7-10-17(22-16-8-9-16)20(13-15)25(27)28/h3-7,10,13-14,16,22H,8-9,11-12H2,1-2H3. The number of carbonyl (C=O) groups excluding carboxylic acids is 1. The van der Waals surface area contributed by atoms with E-state index in [9.17, 15) is 14.9 Å². The van der Waals surface area contributed by atoms with Gasteiger partial charge in [0.2, 0.25) is 0 Å². The van der Waals surface area contributed by atoms with Gasteiger partial charge in [0.1, 0.15) is 5.69 Å². The van der Waals surface area contributed by atoms with Gasteiger partial charge in [0, 0.05) is 37.3 Å². The maximum Gasteiger partial charge on any atom is 0.293 e. The molecule has 146 valence electrons. The van der Waals surface area contributed by atoms with E-state index in [0.717, 1.165) is 37.2 Å². The van der Waals surface area contributed by atoms with Crippen LogP contribution in [0.15, 0.2) is 42.5 Å². The van der Waals surface area contributed by atoms with Crippen LogP contribution in [0.1, 0.15) is 36.5 Å². The highest BCUT2D eigenvalue weighted by Crippen LogP contribution is 2.36. The van der Waals surface area contributed by atoms with Gasteiger partial charge in [-0.25, -0.2) is 0 Å². The number of para-hydroxylation sites is 2. The minimum Gasteiger partial charge on any atom is -0.377 e. The van der Waals surface area contributed by atoms with Gasteiger partial charge in [-0.05, 0) is 50.5 Å². The minimum atomic E-state index is -0.422. The lowest BCUT2D eigenvalue weighted by molar-refractivity contribution is -0.384. The van der Waals surface area contributed by atoms with Crippen molar-refractivity contribution in [1.82, 2.24) is 0 Å². The van der Waals surface area contributed by atoms with E-state index in [-0.39, 0.29) is 17.6 Å². The zero-order chi connectivity index (χ0) is 19.8. The number of carbonyl (C=O) groups is 1. The summed E-state index contributed by atoms with van der Waals surface area (Å²) in [5.74, 6) is -0.212. The molecule has 4 rings (SSSR count). The van der Waals surface area contributed by atoms with Crippen molar-refractivity contribution in [3.63, 3.8) is 0 Å². The van der Waals surface area contributed by atoms with Crippen molar-refractivity contribution in [2.45, 2.75) is 38.3 Å². The third-order valence-electron chi connectivity index (χ3n) is 5.47. The van der Waals surface area contributed by atoms with E-state index >= 15 is 0 Å². The van der Waals surface area contributed by atoms with Gasteiger partial charge in [-0.3, -0.25) is 14.9 Å². The number of amides is 1. The Hall–Kier alpha value is -3.09. The van der Waals surface area contributed by atoms with Gasteiger partial charge < -0.3 is 15.1 Å². The molecule has 1 atom stereocenters. The molecule has 1 aliphatic carbocycles. The second kappa shape index (κ2) is 7.14. The van der Waals surface area contributed by atoms with Crippen LogP contribution in [0.4, 0.5) is 22.7 Å². The topological polar surface area (TPSA) is 78.7 Å². The summed E-state index contributed by atoms with van der Waals surface area (Å²) in [4.78, 5) is 28.5. The molecule has 1 N–H and O–H groups in total. The third-order valence-corrected chi connectivity index (χ3v) is 5.47. The first-order valence-electron chi connectivity index (χ1n) is 9.64. The summed E-state index contributed by atoms with van der Waals surface area (Å²) in [5.41, 5.74) is 2.59. The second-order valence-electron chi connectivity index (χ2n) is 7.63. The molecule has 2 aliphatic rings. The SMILES string of the molecule is CC1CCN(C)c2ccccc2N1C(=O)c1ccc(NC2CC2)c([N+](=O)[O-])c1. The van der Waals surface area contributed by atoms with Crippen LogP contribution in [0.3, 0.4) is 0 Å². The van der Waals surface area contributed by atoms with Gasteiger partial charge in [-0.2, -0.15) is 0 Å². The summed E-state index contributed by atoms with van der Waals surface area (Å²) >= 11 is 0. The predicted octanol–water partition coefficient (Wildman–Crippen LogP) is 4.04. The second-order valence-corrected chi connectivity index (χ2v) is 7.63. The maximum atomic E-state index is 13.4. The van der Waals surface area contributed by atoms with Crippen LogP contribution in [-0.4, -0.2) is 36.5 Å². The van der Waals surface area contributed by atoms with E-state index in [1.165, 1.54) is 6.07 Å². The summed E-state index contributed by atoms with van der Waals surface area (Å²) in [6.45, 7) is 2.86. The van der Waals surface area contributed by atoms with Gasteiger partial charge in [0.15, 0.2) is 0 Å². The largest absolute Gasteiger partial charge is 0.377 e. The normalized spacial score (nSPS) is 19.0. The molecule has 0 spiro atoms. The number of nitrogens with one attached hydrogen (secondary N) is 1. The quantitative estimate of drug-likeness (QED) is 0.640. The zero-order valence-electron chi connectivity index (χ0n) is 16.1. The van der Waals surface area contributed by atoms with E-state index in [1.54, 1.807) is 17.0 Å². The molecule has 7 nitrogen and oxygen atoms in total. The molecule has 7 heteroatoms. The maximum absolute atomic E-state index is 13.4. The number of anilines is 3. The summed E-state index contributed by atoms with van der Waals surface area (Å²) in [6, 6.07) is 12.8. The van der Waals surface area contributed by atoms with Crippen LogP contribution >= 0.6 is 0 Å². The Morgan fingerprint density at radius 2 is 1.86 bits per heavy atom. The first-order valence-corrected chi connectivity index (χ1v) is 9.64. The first-order chi connectivity index (χ1) is 13.5. The molecule has 0 aromatic heterocycles. The van der Waals surface area contributed by atoms with Crippen LogP contribution < -0.4 is 15.1 Å². The molecular formula is C21H24N4O3. The molecule has 2 aromatic carbocycles. The molecule has 0 bridgehead atoms. The number of fused-ring (bicyclic) bond motifs is 1. The Morgan fingerprint density at radius 1 is 1.14 bits per heavy atom. The van der Waals surface area contributed by atoms with Gasteiger partial charge in [0.05, 0.1) is 16.3 Å². The smallest absolute Gasteiger partial charge is 0.293 e. The van der Waals surface area contributed by atoms with Crippen LogP contribution in [-0.2, 0) is 0 Å². The number of nitro groups is 1. The highest BCUT2D eigenvalue weighted by Gasteiger charge is 2.31. The molecule has 28 heavy (non-hydrogen) atoms. The van der Waals surface area contributed by atoms with Crippen LogP contribution in [0, 0.1) is 10.1 Å². The fourth-order valence-corrected chi connectivity index (χ4v) is 3.69. The molecule has 1 heterocycles. The molecule has 2 aromatic rings. The van der Waals surface area contributed by atoms with Gasteiger partial charge in [0.25, 0.3) is 11.6 Å². The molecule has 0 saturated heterocycles.